The van der Waals surface area contributed by atoms with Gasteiger partial charge in [-0.05, 0) is 18.2 Å². The fourth-order valence-corrected chi connectivity index (χ4v) is 1.61. The first-order valence-electron chi connectivity index (χ1n) is 5.60. The molecule has 0 atom stereocenters. The summed E-state index contributed by atoms with van der Waals surface area (Å²) in [5.74, 6) is -0.825. The molecule has 5 nitrogen and oxygen atoms in total. The Hall–Kier alpha value is -2.00. The lowest BCUT2D eigenvalue weighted by Gasteiger charge is -2.18. The quantitative estimate of drug-likeness (QED) is 0.575. The molecular weight excluding hydrogens is 237 g/mol. The normalized spacial score (nSPS) is 10.3. The molecule has 1 aromatic rings. The van der Waals surface area contributed by atoms with Gasteiger partial charge in [0.2, 0.25) is 5.82 Å². The Morgan fingerprint density at radius 1 is 1.56 bits per heavy atom. The van der Waals surface area contributed by atoms with Gasteiger partial charge in [-0.15, -0.1) is 0 Å². The van der Waals surface area contributed by atoms with Crippen LogP contribution in [0.3, 0.4) is 0 Å². The van der Waals surface area contributed by atoms with E-state index in [9.17, 15) is 14.5 Å². The average Bonchev–Trinajstić information content (AvgIpc) is 2.34. The molecule has 0 N–H and O–H groups in total. The summed E-state index contributed by atoms with van der Waals surface area (Å²) < 4.78 is 13.4. The van der Waals surface area contributed by atoms with Crippen LogP contribution in [0.1, 0.15) is 18.9 Å². The van der Waals surface area contributed by atoms with Gasteiger partial charge in [0.05, 0.1) is 11.0 Å². The van der Waals surface area contributed by atoms with E-state index in [-0.39, 0.29) is 0 Å². The van der Waals surface area contributed by atoms with Gasteiger partial charge in [0, 0.05) is 25.6 Å². The molecule has 0 aliphatic heterocycles. The van der Waals surface area contributed by atoms with Crippen molar-refractivity contribution in [2.24, 2.45) is 0 Å². The first-order chi connectivity index (χ1) is 8.58. The van der Waals surface area contributed by atoms with Crippen molar-refractivity contribution in [3.63, 3.8) is 0 Å². The van der Waals surface area contributed by atoms with E-state index in [0.717, 1.165) is 6.54 Å². The van der Waals surface area contributed by atoms with Crippen molar-refractivity contribution < 1.29 is 9.31 Å². The molecule has 6 heteroatoms. The van der Waals surface area contributed by atoms with E-state index in [1.165, 1.54) is 18.2 Å². The number of nitro benzene ring substituents is 1. The molecule has 96 valence electrons. The van der Waals surface area contributed by atoms with Gasteiger partial charge in [-0.25, -0.2) is 0 Å². The maximum absolute atomic E-state index is 13.4. The second-order valence-electron chi connectivity index (χ2n) is 3.82. The zero-order chi connectivity index (χ0) is 13.5. The van der Waals surface area contributed by atoms with Crippen molar-refractivity contribution in [3.8, 4) is 6.07 Å². The topological polar surface area (TPSA) is 70.2 Å². The van der Waals surface area contributed by atoms with Crippen molar-refractivity contribution in [3.05, 3.63) is 39.7 Å². The fourth-order valence-electron chi connectivity index (χ4n) is 1.61. The Kier molecular flexibility index (Phi) is 5.21. The number of benzene rings is 1. The Morgan fingerprint density at radius 3 is 2.78 bits per heavy atom. The first-order valence-corrected chi connectivity index (χ1v) is 5.60. The molecule has 0 saturated carbocycles. The Morgan fingerprint density at radius 2 is 2.28 bits per heavy atom. The van der Waals surface area contributed by atoms with E-state index in [1.807, 2.05) is 17.9 Å². The lowest BCUT2D eigenvalue weighted by atomic mass is 10.2. The van der Waals surface area contributed by atoms with Crippen molar-refractivity contribution in [1.82, 2.24) is 4.90 Å². The van der Waals surface area contributed by atoms with Crippen LogP contribution in [0.25, 0.3) is 0 Å². The van der Waals surface area contributed by atoms with E-state index in [0.29, 0.717) is 25.1 Å². The monoisotopic (exact) mass is 251 g/mol. The van der Waals surface area contributed by atoms with Crippen molar-refractivity contribution in [1.29, 1.82) is 5.26 Å². The van der Waals surface area contributed by atoms with Crippen molar-refractivity contribution >= 4 is 5.69 Å². The van der Waals surface area contributed by atoms with Gasteiger partial charge in [-0.2, -0.15) is 9.65 Å². The number of rotatable bonds is 6. The van der Waals surface area contributed by atoms with Gasteiger partial charge in [0.1, 0.15) is 0 Å². The van der Waals surface area contributed by atoms with Crippen LogP contribution in [0.5, 0.6) is 0 Å². The molecule has 18 heavy (non-hydrogen) atoms. The van der Waals surface area contributed by atoms with E-state index in [2.05, 4.69) is 0 Å². The minimum Gasteiger partial charge on any atom is -0.298 e. The molecular formula is C12H14FN3O2. The second-order valence-corrected chi connectivity index (χ2v) is 3.82. The maximum Gasteiger partial charge on any atom is 0.304 e. The lowest BCUT2D eigenvalue weighted by molar-refractivity contribution is -0.387. The SMILES string of the molecule is CCN(CCC#N)Cc1ccc([N+](=O)[O-])c(F)c1. The largest absolute Gasteiger partial charge is 0.304 e. The smallest absolute Gasteiger partial charge is 0.298 e. The summed E-state index contributed by atoms with van der Waals surface area (Å²) in [7, 11) is 0. The summed E-state index contributed by atoms with van der Waals surface area (Å²) in [6.45, 7) is 3.76. The molecule has 0 unspecified atom stereocenters. The summed E-state index contributed by atoms with van der Waals surface area (Å²) in [5, 5.41) is 19.0. The van der Waals surface area contributed by atoms with Crippen LogP contribution in [-0.4, -0.2) is 22.9 Å². The van der Waals surface area contributed by atoms with Crippen LogP contribution in [0, 0.1) is 27.3 Å². The van der Waals surface area contributed by atoms with Gasteiger partial charge in [-0.3, -0.25) is 15.0 Å². The highest BCUT2D eigenvalue weighted by atomic mass is 19.1. The average molecular weight is 251 g/mol. The minimum absolute atomic E-state index is 0.406. The third-order valence-corrected chi connectivity index (χ3v) is 2.60. The van der Waals surface area contributed by atoms with Crippen LogP contribution < -0.4 is 0 Å². The highest BCUT2D eigenvalue weighted by Crippen LogP contribution is 2.18. The number of halogens is 1. The third kappa shape index (κ3) is 3.79. The molecule has 0 heterocycles. The highest BCUT2D eigenvalue weighted by Gasteiger charge is 2.14. The molecule has 1 aromatic carbocycles. The number of nitriles is 1. The Bertz CT molecular complexity index is 471. The zero-order valence-electron chi connectivity index (χ0n) is 10.1. The fraction of sp³-hybridized carbons (Fsp3) is 0.417. The predicted molar refractivity (Wildman–Crippen MR) is 64.2 cm³/mol. The number of hydrogen-bond donors (Lipinski definition) is 0. The van der Waals surface area contributed by atoms with Crippen LogP contribution in [-0.2, 0) is 6.54 Å². The summed E-state index contributed by atoms with van der Waals surface area (Å²) in [4.78, 5) is 11.7. The Labute approximate surface area is 105 Å². The van der Waals surface area contributed by atoms with Crippen LogP contribution in [0.2, 0.25) is 0 Å². The third-order valence-electron chi connectivity index (χ3n) is 2.60. The molecule has 0 aliphatic carbocycles. The summed E-state index contributed by atoms with van der Waals surface area (Å²) in [6.07, 6.45) is 0.406. The Balaban J connectivity index is 2.76. The lowest BCUT2D eigenvalue weighted by Crippen LogP contribution is -2.23. The van der Waals surface area contributed by atoms with Gasteiger partial charge in [0.25, 0.3) is 0 Å². The maximum atomic E-state index is 13.4. The molecule has 0 bridgehead atoms. The molecule has 0 saturated heterocycles. The van der Waals surface area contributed by atoms with Crippen molar-refractivity contribution in [2.45, 2.75) is 19.9 Å². The molecule has 1 rings (SSSR count). The van der Waals surface area contributed by atoms with Crippen LogP contribution in [0.15, 0.2) is 18.2 Å². The molecule has 0 radical (unpaired) electrons. The zero-order valence-corrected chi connectivity index (χ0v) is 10.1. The van der Waals surface area contributed by atoms with E-state index in [4.69, 9.17) is 5.26 Å². The van der Waals surface area contributed by atoms with Gasteiger partial charge in [0.15, 0.2) is 0 Å². The highest BCUT2D eigenvalue weighted by molar-refractivity contribution is 5.34. The molecule has 0 amide bonds. The minimum atomic E-state index is -0.825. The summed E-state index contributed by atoms with van der Waals surface area (Å²) in [6, 6.07) is 5.93. The van der Waals surface area contributed by atoms with Crippen molar-refractivity contribution in [2.75, 3.05) is 13.1 Å². The van der Waals surface area contributed by atoms with E-state index < -0.39 is 16.4 Å². The first kappa shape index (κ1) is 14.1. The summed E-state index contributed by atoms with van der Waals surface area (Å²) >= 11 is 0. The van der Waals surface area contributed by atoms with Gasteiger partial charge < -0.3 is 0 Å². The van der Waals surface area contributed by atoms with Gasteiger partial charge >= 0.3 is 5.69 Å². The standard InChI is InChI=1S/C12H14FN3O2/c1-2-15(7-3-6-14)9-10-4-5-12(16(17)18)11(13)8-10/h4-5,8H,2-3,7,9H2,1H3. The van der Waals surface area contributed by atoms with E-state index in [1.54, 1.807) is 0 Å². The van der Waals surface area contributed by atoms with Crippen LogP contribution >= 0.6 is 0 Å². The molecule has 0 aliphatic rings. The summed E-state index contributed by atoms with van der Waals surface area (Å²) in [5.41, 5.74) is 0.150. The van der Waals surface area contributed by atoms with Crippen LogP contribution in [0.4, 0.5) is 10.1 Å². The number of hydrogen-bond acceptors (Lipinski definition) is 4. The number of nitro groups is 1. The molecule has 0 aromatic heterocycles. The van der Waals surface area contributed by atoms with Gasteiger partial charge in [-0.1, -0.05) is 13.0 Å². The predicted octanol–water partition coefficient (Wildman–Crippen LogP) is 2.47. The second kappa shape index (κ2) is 6.67. The molecule has 0 spiro atoms. The van der Waals surface area contributed by atoms with E-state index >= 15 is 0 Å². The number of nitrogens with zero attached hydrogens (tertiary/aromatic N) is 3. The molecule has 0 fully saturated rings.